The lowest BCUT2D eigenvalue weighted by atomic mass is 9.93. The first-order valence-corrected chi connectivity index (χ1v) is 5.89. The fraction of sp³-hybridized carbons (Fsp3) is 0.909. The lowest BCUT2D eigenvalue weighted by Crippen LogP contribution is -2.46. The minimum Gasteiger partial charge on any atom is -0.338 e. The number of carbonyl (C=O) groups is 1. The summed E-state index contributed by atoms with van der Waals surface area (Å²) in [6, 6.07) is 0.500. The van der Waals surface area contributed by atoms with Gasteiger partial charge in [-0.3, -0.25) is 0 Å². The molecule has 80 valence electrons. The number of carbonyl (C=O) groups excluding carboxylic acids is 1. The predicted molar refractivity (Wildman–Crippen MR) is 56.1 cm³/mol. The van der Waals surface area contributed by atoms with E-state index in [-0.39, 0.29) is 6.03 Å². The lowest BCUT2D eigenvalue weighted by molar-refractivity contribution is 0.226. The topological polar surface area (TPSA) is 41.1 Å². The van der Waals surface area contributed by atoms with Crippen LogP contribution in [0.4, 0.5) is 4.79 Å². The van der Waals surface area contributed by atoms with E-state index >= 15 is 0 Å². The summed E-state index contributed by atoms with van der Waals surface area (Å²) in [4.78, 5) is 11.4. The van der Waals surface area contributed by atoms with E-state index in [4.69, 9.17) is 0 Å². The van der Waals surface area contributed by atoms with Gasteiger partial charge in [-0.2, -0.15) is 0 Å². The molecule has 2 saturated carbocycles. The van der Waals surface area contributed by atoms with Crippen molar-refractivity contribution in [2.24, 2.45) is 5.92 Å². The zero-order valence-electron chi connectivity index (χ0n) is 8.72. The highest BCUT2D eigenvalue weighted by molar-refractivity contribution is 5.74. The van der Waals surface area contributed by atoms with Crippen molar-refractivity contribution >= 4 is 6.03 Å². The molecule has 0 aromatic heterocycles. The van der Waals surface area contributed by atoms with Gasteiger partial charge in [-0.15, -0.1) is 0 Å². The van der Waals surface area contributed by atoms with Gasteiger partial charge in [0.25, 0.3) is 0 Å². The SMILES string of the molecule is O=C(NCC1CCCC1)NC1CCC1. The zero-order valence-corrected chi connectivity index (χ0v) is 8.72. The van der Waals surface area contributed by atoms with Gasteiger partial charge in [0, 0.05) is 12.6 Å². The standard InChI is InChI=1S/C11H20N2O/c14-11(13-10-6-3-7-10)12-8-9-4-1-2-5-9/h9-10H,1-8H2,(H2,12,13,14). The highest BCUT2D eigenvalue weighted by Gasteiger charge is 2.20. The molecular formula is C11H20N2O. The molecule has 0 aromatic carbocycles. The van der Waals surface area contributed by atoms with Crippen LogP contribution < -0.4 is 10.6 Å². The van der Waals surface area contributed by atoms with Crippen molar-refractivity contribution in [1.29, 1.82) is 0 Å². The molecular weight excluding hydrogens is 176 g/mol. The van der Waals surface area contributed by atoms with E-state index in [9.17, 15) is 4.79 Å². The van der Waals surface area contributed by atoms with Crippen LogP contribution in [0.2, 0.25) is 0 Å². The largest absolute Gasteiger partial charge is 0.338 e. The molecule has 2 aliphatic rings. The van der Waals surface area contributed by atoms with Gasteiger partial charge in [-0.05, 0) is 38.0 Å². The van der Waals surface area contributed by atoms with E-state index in [0.717, 1.165) is 25.3 Å². The van der Waals surface area contributed by atoms with Crippen molar-refractivity contribution in [1.82, 2.24) is 10.6 Å². The summed E-state index contributed by atoms with van der Waals surface area (Å²) in [6.07, 6.45) is 8.88. The Morgan fingerprint density at radius 1 is 1.07 bits per heavy atom. The molecule has 0 aliphatic heterocycles. The average molecular weight is 196 g/mol. The number of amides is 2. The molecule has 0 bridgehead atoms. The Hall–Kier alpha value is -0.730. The van der Waals surface area contributed by atoms with Crippen LogP contribution >= 0.6 is 0 Å². The molecule has 2 aliphatic carbocycles. The van der Waals surface area contributed by atoms with Crippen LogP contribution in [0.25, 0.3) is 0 Å². The first-order valence-electron chi connectivity index (χ1n) is 5.89. The fourth-order valence-electron chi connectivity index (χ4n) is 2.24. The minimum absolute atomic E-state index is 0.0431. The second-order valence-electron chi connectivity index (χ2n) is 4.63. The third-order valence-corrected chi connectivity index (χ3v) is 3.47. The summed E-state index contributed by atoms with van der Waals surface area (Å²) in [5.41, 5.74) is 0. The molecule has 3 nitrogen and oxygen atoms in total. The Morgan fingerprint density at radius 2 is 1.79 bits per heavy atom. The molecule has 3 heteroatoms. The van der Waals surface area contributed by atoms with Crippen LogP contribution in [0.1, 0.15) is 44.9 Å². The normalized spacial score (nSPS) is 23.1. The smallest absolute Gasteiger partial charge is 0.315 e. The Balaban J connectivity index is 1.57. The first kappa shape index (κ1) is 9.81. The van der Waals surface area contributed by atoms with Crippen LogP contribution in [0.5, 0.6) is 0 Å². The number of rotatable bonds is 3. The Morgan fingerprint density at radius 3 is 2.36 bits per heavy atom. The van der Waals surface area contributed by atoms with Gasteiger partial charge in [0.1, 0.15) is 0 Å². The van der Waals surface area contributed by atoms with Gasteiger partial charge in [-0.25, -0.2) is 4.79 Å². The molecule has 0 spiro atoms. The summed E-state index contributed by atoms with van der Waals surface area (Å²) >= 11 is 0. The monoisotopic (exact) mass is 196 g/mol. The van der Waals surface area contributed by atoms with E-state index in [2.05, 4.69) is 10.6 Å². The number of nitrogens with one attached hydrogen (secondary N) is 2. The van der Waals surface area contributed by atoms with Crippen molar-refractivity contribution in [2.75, 3.05) is 6.54 Å². The predicted octanol–water partition coefficient (Wildman–Crippen LogP) is 2.03. The molecule has 0 atom stereocenters. The molecule has 0 aromatic rings. The molecule has 0 unspecified atom stereocenters. The molecule has 2 amide bonds. The molecule has 0 heterocycles. The van der Waals surface area contributed by atoms with E-state index in [1.807, 2.05) is 0 Å². The van der Waals surface area contributed by atoms with E-state index in [0.29, 0.717) is 6.04 Å². The summed E-state index contributed by atoms with van der Waals surface area (Å²) < 4.78 is 0. The number of hydrogen-bond donors (Lipinski definition) is 2. The van der Waals surface area contributed by atoms with Crippen LogP contribution in [-0.2, 0) is 0 Å². The Labute approximate surface area is 85.6 Å². The van der Waals surface area contributed by atoms with E-state index < -0.39 is 0 Å². The van der Waals surface area contributed by atoms with E-state index in [1.54, 1.807) is 0 Å². The number of urea groups is 1. The zero-order chi connectivity index (χ0) is 9.80. The maximum atomic E-state index is 11.4. The first-order chi connectivity index (χ1) is 6.84. The maximum absolute atomic E-state index is 11.4. The van der Waals surface area contributed by atoms with Crippen molar-refractivity contribution in [3.63, 3.8) is 0 Å². The van der Waals surface area contributed by atoms with Crippen LogP contribution in [0.15, 0.2) is 0 Å². The molecule has 2 N–H and O–H groups in total. The van der Waals surface area contributed by atoms with E-state index in [1.165, 1.54) is 32.1 Å². The van der Waals surface area contributed by atoms with Gasteiger partial charge in [-0.1, -0.05) is 12.8 Å². The second-order valence-corrected chi connectivity index (χ2v) is 4.63. The third-order valence-electron chi connectivity index (χ3n) is 3.47. The molecule has 0 radical (unpaired) electrons. The molecule has 2 rings (SSSR count). The van der Waals surface area contributed by atoms with Crippen molar-refractivity contribution in [2.45, 2.75) is 51.0 Å². The highest BCUT2D eigenvalue weighted by Crippen LogP contribution is 2.23. The summed E-state index contributed by atoms with van der Waals surface area (Å²) in [5, 5.41) is 5.96. The fourth-order valence-corrected chi connectivity index (χ4v) is 2.24. The number of hydrogen-bond acceptors (Lipinski definition) is 1. The van der Waals surface area contributed by atoms with Gasteiger partial charge < -0.3 is 10.6 Å². The van der Waals surface area contributed by atoms with Crippen LogP contribution in [-0.4, -0.2) is 18.6 Å². The Kier molecular flexibility index (Phi) is 3.27. The molecule has 0 saturated heterocycles. The lowest BCUT2D eigenvalue weighted by Gasteiger charge is -2.26. The van der Waals surface area contributed by atoms with Crippen LogP contribution in [0.3, 0.4) is 0 Å². The summed E-state index contributed by atoms with van der Waals surface area (Å²) in [7, 11) is 0. The molecule has 2 fully saturated rings. The summed E-state index contributed by atoms with van der Waals surface area (Å²) in [5.74, 6) is 0.738. The van der Waals surface area contributed by atoms with Crippen molar-refractivity contribution in [3.8, 4) is 0 Å². The Bertz CT molecular complexity index is 195. The third kappa shape index (κ3) is 2.63. The van der Waals surface area contributed by atoms with Crippen molar-refractivity contribution < 1.29 is 4.79 Å². The van der Waals surface area contributed by atoms with Gasteiger partial charge in [0.2, 0.25) is 0 Å². The maximum Gasteiger partial charge on any atom is 0.315 e. The van der Waals surface area contributed by atoms with Crippen molar-refractivity contribution in [3.05, 3.63) is 0 Å². The summed E-state index contributed by atoms with van der Waals surface area (Å²) in [6.45, 7) is 0.874. The average Bonchev–Trinajstić information content (AvgIpc) is 2.60. The van der Waals surface area contributed by atoms with Gasteiger partial charge >= 0.3 is 6.03 Å². The van der Waals surface area contributed by atoms with Gasteiger partial charge in [0.15, 0.2) is 0 Å². The molecule has 14 heavy (non-hydrogen) atoms. The quantitative estimate of drug-likeness (QED) is 0.712. The second kappa shape index (κ2) is 4.67. The van der Waals surface area contributed by atoms with Gasteiger partial charge in [0.05, 0.1) is 0 Å². The highest BCUT2D eigenvalue weighted by atomic mass is 16.2. The minimum atomic E-state index is 0.0431. The van der Waals surface area contributed by atoms with Crippen LogP contribution in [0, 0.1) is 5.92 Å².